The number of rotatable bonds is 6. The average molecular weight is 418 g/mol. The Morgan fingerprint density at radius 3 is 2.36 bits per heavy atom. The molecule has 1 heterocycles. The molecule has 3 aromatic rings. The lowest BCUT2D eigenvalue weighted by atomic mass is 10.1. The molecule has 0 aliphatic rings. The topological polar surface area (TPSA) is 92.2 Å². The Labute approximate surface area is 168 Å². The third-order valence-electron chi connectivity index (χ3n) is 3.64. The Balaban J connectivity index is 1.65. The molecule has 0 aliphatic heterocycles. The van der Waals surface area contributed by atoms with Gasteiger partial charge in [-0.05, 0) is 41.5 Å². The summed E-state index contributed by atoms with van der Waals surface area (Å²) in [5.74, 6) is -1.77. The quantitative estimate of drug-likeness (QED) is 0.631. The highest BCUT2D eigenvalue weighted by Gasteiger charge is 2.14. The molecule has 0 radical (unpaired) electrons. The summed E-state index contributed by atoms with van der Waals surface area (Å²) in [6.45, 7) is 0.230. The third kappa shape index (κ3) is 4.99. The van der Waals surface area contributed by atoms with Gasteiger partial charge in [-0.25, -0.2) is 9.18 Å². The number of aromatic carboxylic acids is 1. The fourth-order valence-corrected chi connectivity index (χ4v) is 3.15. The molecule has 0 bridgehead atoms. The maximum atomic E-state index is 12.9. The summed E-state index contributed by atoms with van der Waals surface area (Å²) < 4.78 is 12.9. The number of amides is 1. The second kappa shape index (κ2) is 8.73. The Bertz CT molecular complexity index is 1030. The van der Waals surface area contributed by atoms with Gasteiger partial charge in [0.05, 0.1) is 10.6 Å². The summed E-state index contributed by atoms with van der Waals surface area (Å²) in [5, 5.41) is 20.1. The number of hydrogen-bond donors (Lipinski definition) is 2. The van der Waals surface area contributed by atoms with Crippen LogP contribution in [-0.2, 0) is 6.54 Å². The van der Waals surface area contributed by atoms with Gasteiger partial charge in [0.1, 0.15) is 5.82 Å². The zero-order valence-electron chi connectivity index (χ0n) is 14.2. The molecular formula is C19H13ClFN3O3S. The van der Waals surface area contributed by atoms with Crippen molar-refractivity contribution in [1.82, 2.24) is 15.5 Å². The Hall–Kier alpha value is -3.10. The van der Waals surface area contributed by atoms with Gasteiger partial charge in [-0.2, -0.15) is 0 Å². The summed E-state index contributed by atoms with van der Waals surface area (Å²) >= 11 is 7.26. The predicted molar refractivity (Wildman–Crippen MR) is 105 cm³/mol. The van der Waals surface area contributed by atoms with Crippen molar-refractivity contribution in [3.05, 3.63) is 81.1 Å². The van der Waals surface area contributed by atoms with Crippen LogP contribution in [0.1, 0.15) is 36.3 Å². The second-order valence-corrected chi connectivity index (χ2v) is 7.03. The molecule has 0 atom stereocenters. The first-order chi connectivity index (χ1) is 13.4. The van der Waals surface area contributed by atoms with Crippen LogP contribution in [0.4, 0.5) is 4.39 Å². The lowest BCUT2D eigenvalue weighted by molar-refractivity contribution is 0.0696. The lowest BCUT2D eigenvalue weighted by Gasteiger charge is -2.02. The maximum Gasteiger partial charge on any atom is 0.335 e. The van der Waals surface area contributed by atoms with E-state index in [-0.39, 0.29) is 28.0 Å². The van der Waals surface area contributed by atoms with Crippen molar-refractivity contribution in [3.63, 3.8) is 0 Å². The molecule has 2 aromatic carbocycles. The molecule has 1 amide bonds. The largest absolute Gasteiger partial charge is 0.478 e. The second-order valence-electron chi connectivity index (χ2n) is 5.64. The maximum absolute atomic E-state index is 12.9. The number of benzene rings is 2. The normalized spacial score (nSPS) is 11.3. The molecule has 0 aliphatic carbocycles. The van der Waals surface area contributed by atoms with Gasteiger partial charge in [0.15, 0.2) is 5.01 Å². The fraction of sp³-hybridized carbons (Fsp3) is 0.0526. The molecule has 9 heteroatoms. The van der Waals surface area contributed by atoms with Gasteiger partial charge >= 0.3 is 5.97 Å². The molecule has 2 N–H and O–H groups in total. The van der Waals surface area contributed by atoms with E-state index in [4.69, 9.17) is 16.7 Å². The lowest BCUT2D eigenvalue weighted by Crippen LogP contribution is -2.22. The van der Waals surface area contributed by atoms with E-state index >= 15 is 0 Å². The molecule has 0 saturated heterocycles. The van der Waals surface area contributed by atoms with E-state index in [0.29, 0.717) is 10.6 Å². The zero-order chi connectivity index (χ0) is 20.1. The summed E-state index contributed by atoms with van der Waals surface area (Å²) in [4.78, 5) is 23.1. The average Bonchev–Trinajstić information content (AvgIpc) is 3.18. The van der Waals surface area contributed by atoms with Crippen molar-refractivity contribution in [2.24, 2.45) is 0 Å². The molecule has 0 unspecified atom stereocenters. The number of carbonyl (C=O) groups is 2. The minimum atomic E-state index is -1.01. The summed E-state index contributed by atoms with van der Waals surface area (Å²) in [6, 6.07) is 12.0. The molecular weight excluding hydrogens is 405 g/mol. The van der Waals surface area contributed by atoms with Gasteiger partial charge in [0.25, 0.3) is 5.91 Å². The molecule has 6 nitrogen and oxygen atoms in total. The van der Waals surface area contributed by atoms with Crippen LogP contribution in [-0.4, -0.2) is 27.2 Å². The highest BCUT2D eigenvalue weighted by atomic mass is 35.5. The van der Waals surface area contributed by atoms with Crippen LogP contribution in [0, 0.1) is 5.82 Å². The van der Waals surface area contributed by atoms with Gasteiger partial charge in [0.2, 0.25) is 5.01 Å². The van der Waals surface area contributed by atoms with E-state index in [0.717, 1.165) is 16.9 Å². The monoisotopic (exact) mass is 417 g/mol. The standard InChI is InChI=1S/C19H13ClFN3O3S/c20-15(9-11-1-5-13(6-2-11)19(26)27)17-23-24-18(28-17)16(25)22-10-12-3-7-14(21)8-4-12/h1-9H,10H2,(H,22,25)(H,26,27). The number of nitrogens with zero attached hydrogens (tertiary/aromatic N) is 2. The van der Waals surface area contributed by atoms with E-state index in [1.54, 1.807) is 30.3 Å². The molecule has 3 rings (SSSR count). The molecule has 28 heavy (non-hydrogen) atoms. The van der Waals surface area contributed by atoms with Crippen LogP contribution in [0.3, 0.4) is 0 Å². The molecule has 0 spiro atoms. The zero-order valence-corrected chi connectivity index (χ0v) is 15.8. The predicted octanol–water partition coefficient (Wildman–Crippen LogP) is 4.04. The van der Waals surface area contributed by atoms with Crippen LogP contribution in [0.25, 0.3) is 11.1 Å². The number of carbonyl (C=O) groups excluding carboxylic acids is 1. The number of carboxylic acid groups (broad SMARTS) is 1. The number of carboxylic acids is 1. The third-order valence-corrected chi connectivity index (χ3v) is 5.00. The SMILES string of the molecule is O=C(O)c1ccc(C=C(Cl)c2nnc(C(=O)NCc3ccc(F)cc3)s2)cc1. The van der Waals surface area contributed by atoms with E-state index in [1.807, 2.05) is 0 Å². The van der Waals surface area contributed by atoms with Gasteiger partial charge in [0, 0.05) is 6.54 Å². The number of halogens is 2. The van der Waals surface area contributed by atoms with Crippen molar-refractivity contribution in [1.29, 1.82) is 0 Å². The minimum Gasteiger partial charge on any atom is -0.478 e. The van der Waals surface area contributed by atoms with E-state index < -0.39 is 11.9 Å². The first-order valence-corrected chi connectivity index (χ1v) is 9.19. The number of hydrogen-bond acceptors (Lipinski definition) is 5. The van der Waals surface area contributed by atoms with Crippen molar-refractivity contribution in [2.75, 3.05) is 0 Å². The Kier molecular flexibility index (Phi) is 6.13. The van der Waals surface area contributed by atoms with Crippen LogP contribution in [0.5, 0.6) is 0 Å². The van der Waals surface area contributed by atoms with E-state index in [1.165, 1.54) is 24.3 Å². The molecule has 142 valence electrons. The van der Waals surface area contributed by atoms with E-state index in [9.17, 15) is 14.0 Å². The smallest absolute Gasteiger partial charge is 0.335 e. The van der Waals surface area contributed by atoms with Crippen molar-refractivity contribution < 1.29 is 19.1 Å². The van der Waals surface area contributed by atoms with Gasteiger partial charge < -0.3 is 10.4 Å². The summed E-state index contributed by atoms with van der Waals surface area (Å²) in [6.07, 6.45) is 1.61. The Morgan fingerprint density at radius 2 is 1.71 bits per heavy atom. The fourth-order valence-electron chi connectivity index (χ4n) is 2.20. The highest BCUT2D eigenvalue weighted by molar-refractivity contribution is 7.15. The Morgan fingerprint density at radius 1 is 1.07 bits per heavy atom. The number of aromatic nitrogens is 2. The van der Waals surface area contributed by atoms with Crippen molar-refractivity contribution >= 4 is 45.9 Å². The van der Waals surface area contributed by atoms with Gasteiger partial charge in [-0.15, -0.1) is 10.2 Å². The summed E-state index contributed by atoms with van der Waals surface area (Å²) in [7, 11) is 0. The first kappa shape index (κ1) is 19.7. The minimum absolute atomic E-state index is 0.143. The van der Waals surface area contributed by atoms with Crippen LogP contribution >= 0.6 is 22.9 Å². The highest BCUT2D eigenvalue weighted by Crippen LogP contribution is 2.25. The van der Waals surface area contributed by atoms with Crippen LogP contribution in [0.2, 0.25) is 0 Å². The van der Waals surface area contributed by atoms with Gasteiger partial charge in [-0.3, -0.25) is 4.79 Å². The molecule has 0 saturated carbocycles. The van der Waals surface area contributed by atoms with Crippen LogP contribution in [0.15, 0.2) is 48.5 Å². The number of nitrogens with one attached hydrogen (secondary N) is 1. The summed E-state index contributed by atoms with van der Waals surface area (Å²) in [5.41, 5.74) is 1.61. The van der Waals surface area contributed by atoms with Crippen molar-refractivity contribution in [2.45, 2.75) is 6.54 Å². The van der Waals surface area contributed by atoms with E-state index in [2.05, 4.69) is 15.5 Å². The molecule has 0 fully saturated rings. The van der Waals surface area contributed by atoms with Gasteiger partial charge in [-0.1, -0.05) is 47.2 Å². The van der Waals surface area contributed by atoms with Crippen molar-refractivity contribution in [3.8, 4) is 0 Å². The van der Waals surface area contributed by atoms with Crippen LogP contribution < -0.4 is 5.32 Å². The molecule has 1 aromatic heterocycles. The first-order valence-electron chi connectivity index (χ1n) is 7.99.